The Balaban J connectivity index is 1.67. The third-order valence-electron chi connectivity index (χ3n) is 4.26. The highest BCUT2D eigenvalue weighted by molar-refractivity contribution is 5.73. The summed E-state index contributed by atoms with van der Waals surface area (Å²) in [4.78, 5) is 15.3. The van der Waals surface area contributed by atoms with Crippen LogP contribution < -0.4 is 10.5 Å². The van der Waals surface area contributed by atoms with Gasteiger partial charge in [-0.05, 0) is 48.4 Å². The molecule has 0 radical (unpaired) electrons. The summed E-state index contributed by atoms with van der Waals surface area (Å²) in [5, 5.41) is 8.87. The van der Waals surface area contributed by atoms with Crippen LogP contribution in [0.15, 0.2) is 52.9 Å². The molecule has 0 aliphatic heterocycles. The van der Waals surface area contributed by atoms with Crippen molar-refractivity contribution < 1.29 is 23.4 Å². The summed E-state index contributed by atoms with van der Waals surface area (Å²) in [5.41, 5.74) is 7.73. The predicted molar refractivity (Wildman–Crippen MR) is 101 cm³/mol. The Labute approximate surface area is 161 Å². The molecular formula is C21H21FN2O4. The van der Waals surface area contributed by atoms with E-state index in [-0.39, 0.29) is 18.8 Å². The van der Waals surface area contributed by atoms with Crippen LogP contribution in [0.3, 0.4) is 0 Å². The zero-order valence-electron chi connectivity index (χ0n) is 15.4. The lowest BCUT2D eigenvalue weighted by atomic mass is 10.1. The summed E-state index contributed by atoms with van der Waals surface area (Å²) in [7, 11) is 0. The molecule has 3 rings (SSSR count). The number of hydrogen-bond acceptors (Lipinski definition) is 5. The number of carbonyl (C=O) groups is 1. The zero-order chi connectivity index (χ0) is 20.1. The fourth-order valence-corrected chi connectivity index (χ4v) is 2.70. The van der Waals surface area contributed by atoms with Gasteiger partial charge < -0.3 is 20.0 Å². The molecule has 6 nitrogen and oxygen atoms in total. The molecule has 0 aliphatic carbocycles. The van der Waals surface area contributed by atoms with Gasteiger partial charge in [0.05, 0.1) is 0 Å². The smallest absolute Gasteiger partial charge is 0.320 e. The third-order valence-corrected chi connectivity index (χ3v) is 4.26. The standard InChI is InChI=1S/C21H21FN2O4/c1-2-19-18(24-20(28-19)14-5-7-15(22)8-6-14)12-27-16-9-3-13(4-10-16)11-17(23)21(25)26/h3-10,17H,2,11-12,23H2,1H3,(H,25,26)/t17-/m0/s1. The fourth-order valence-electron chi connectivity index (χ4n) is 2.70. The SMILES string of the molecule is CCc1oc(-c2ccc(F)cc2)nc1COc1ccc(C[C@H](N)C(=O)O)cc1. The van der Waals surface area contributed by atoms with Crippen LogP contribution in [0.25, 0.3) is 11.5 Å². The van der Waals surface area contributed by atoms with Gasteiger partial charge >= 0.3 is 5.97 Å². The van der Waals surface area contributed by atoms with Gasteiger partial charge in [-0.2, -0.15) is 0 Å². The Kier molecular flexibility index (Phi) is 6.06. The quantitative estimate of drug-likeness (QED) is 0.616. The van der Waals surface area contributed by atoms with Crippen LogP contribution in [-0.2, 0) is 24.2 Å². The molecule has 146 valence electrons. The zero-order valence-corrected chi connectivity index (χ0v) is 15.4. The van der Waals surface area contributed by atoms with Gasteiger partial charge in [0, 0.05) is 12.0 Å². The highest BCUT2D eigenvalue weighted by Gasteiger charge is 2.15. The van der Waals surface area contributed by atoms with Gasteiger partial charge in [-0.25, -0.2) is 9.37 Å². The first-order valence-corrected chi connectivity index (χ1v) is 8.91. The second-order valence-corrected chi connectivity index (χ2v) is 6.33. The molecule has 0 spiro atoms. The van der Waals surface area contributed by atoms with E-state index in [1.165, 1.54) is 12.1 Å². The van der Waals surface area contributed by atoms with Crippen molar-refractivity contribution in [1.82, 2.24) is 4.98 Å². The van der Waals surface area contributed by atoms with Crippen molar-refractivity contribution >= 4 is 5.97 Å². The molecule has 0 aliphatic rings. The molecular weight excluding hydrogens is 363 g/mol. The highest BCUT2D eigenvalue weighted by Crippen LogP contribution is 2.24. The first-order valence-electron chi connectivity index (χ1n) is 8.91. The number of aryl methyl sites for hydroxylation is 1. The largest absolute Gasteiger partial charge is 0.487 e. The fraction of sp³-hybridized carbons (Fsp3) is 0.238. The molecule has 3 aromatic rings. The molecule has 1 aromatic heterocycles. The van der Waals surface area contributed by atoms with Gasteiger partial charge in [-0.15, -0.1) is 0 Å². The summed E-state index contributed by atoms with van der Waals surface area (Å²) in [6, 6.07) is 12.1. The Morgan fingerprint density at radius 1 is 1.21 bits per heavy atom. The van der Waals surface area contributed by atoms with Crippen LogP contribution in [0.2, 0.25) is 0 Å². The Bertz CT molecular complexity index is 936. The lowest BCUT2D eigenvalue weighted by Gasteiger charge is -2.08. The molecule has 0 amide bonds. The van der Waals surface area contributed by atoms with E-state index in [4.69, 9.17) is 20.0 Å². The second-order valence-electron chi connectivity index (χ2n) is 6.33. The number of carboxylic acids is 1. The van der Waals surface area contributed by atoms with Crippen LogP contribution in [0.5, 0.6) is 5.75 Å². The number of nitrogens with zero attached hydrogens (tertiary/aromatic N) is 1. The molecule has 0 unspecified atom stereocenters. The Morgan fingerprint density at radius 3 is 2.50 bits per heavy atom. The van der Waals surface area contributed by atoms with Crippen molar-refractivity contribution in [3.63, 3.8) is 0 Å². The van der Waals surface area contributed by atoms with Gasteiger partial charge in [-0.3, -0.25) is 4.79 Å². The molecule has 0 saturated heterocycles. The average molecular weight is 384 g/mol. The van der Waals surface area contributed by atoms with Crippen LogP contribution in [0.1, 0.15) is 23.9 Å². The second kappa shape index (κ2) is 8.67. The number of nitrogens with two attached hydrogens (primary N) is 1. The molecule has 7 heteroatoms. The minimum Gasteiger partial charge on any atom is -0.487 e. The summed E-state index contributed by atoms with van der Waals surface area (Å²) >= 11 is 0. The van der Waals surface area contributed by atoms with Crippen molar-refractivity contribution in [1.29, 1.82) is 0 Å². The maximum Gasteiger partial charge on any atom is 0.320 e. The Hall–Kier alpha value is -3.19. The number of carboxylic acid groups (broad SMARTS) is 1. The number of ether oxygens (including phenoxy) is 1. The van der Waals surface area contributed by atoms with E-state index in [9.17, 15) is 9.18 Å². The van der Waals surface area contributed by atoms with Crippen LogP contribution in [-0.4, -0.2) is 22.1 Å². The van der Waals surface area contributed by atoms with Crippen molar-refractivity contribution in [2.75, 3.05) is 0 Å². The average Bonchev–Trinajstić information content (AvgIpc) is 3.11. The number of rotatable bonds is 8. The van der Waals surface area contributed by atoms with E-state index < -0.39 is 12.0 Å². The minimum atomic E-state index is -1.03. The number of aromatic nitrogens is 1. The topological polar surface area (TPSA) is 98.6 Å². The van der Waals surface area contributed by atoms with Crippen LogP contribution >= 0.6 is 0 Å². The molecule has 28 heavy (non-hydrogen) atoms. The first kappa shape index (κ1) is 19.6. The van der Waals surface area contributed by atoms with Crippen LogP contribution in [0, 0.1) is 5.82 Å². The van der Waals surface area contributed by atoms with E-state index >= 15 is 0 Å². The van der Waals surface area contributed by atoms with Gasteiger partial charge in [0.15, 0.2) is 0 Å². The number of benzene rings is 2. The monoisotopic (exact) mass is 384 g/mol. The van der Waals surface area contributed by atoms with E-state index in [2.05, 4.69) is 4.98 Å². The molecule has 2 aromatic carbocycles. The molecule has 0 saturated carbocycles. The van der Waals surface area contributed by atoms with Crippen molar-refractivity contribution in [2.24, 2.45) is 5.73 Å². The molecule has 1 atom stereocenters. The lowest BCUT2D eigenvalue weighted by Crippen LogP contribution is -2.32. The number of oxazole rings is 1. The van der Waals surface area contributed by atoms with Crippen LogP contribution in [0.4, 0.5) is 4.39 Å². The summed E-state index contributed by atoms with van der Waals surface area (Å²) in [6.45, 7) is 2.18. The summed E-state index contributed by atoms with van der Waals surface area (Å²) in [6.07, 6.45) is 0.902. The summed E-state index contributed by atoms with van der Waals surface area (Å²) < 4.78 is 24.7. The van der Waals surface area contributed by atoms with Gasteiger partial charge in [0.1, 0.15) is 35.7 Å². The van der Waals surface area contributed by atoms with Crippen molar-refractivity contribution in [2.45, 2.75) is 32.4 Å². The lowest BCUT2D eigenvalue weighted by molar-refractivity contribution is -0.138. The van der Waals surface area contributed by atoms with Gasteiger partial charge in [0.25, 0.3) is 0 Å². The maximum atomic E-state index is 13.1. The predicted octanol–water partition coefficient (Wildman–Crippen LogP) is 3.58. The maximum absolute atomic E-state index is 13.1. The molecule has 3 N–H and O–H groups in total. The van der Waals surface area contributed by atoms with E-state index in [1.54, 1.807) is 36.4 Å². The highest BCUT2D eigenvalue weighted by atomic mass is 19.1. The Morgan fingerprint density at radius 2 is 1.89 bits per heavy atom. The number of halogens is 1. The van der Waals surface area contributed by atoms with E-state index in [1.807, 2.05) is 6.92 Å². The third kappa shape index (κ3) is 4.75. The minimum absolute atomic E-state index is 0.224. The van der Waals surface area contributed by atoms with Crippen molar-refractivity contribution in [3.8, 4) is 17.2 Å². The van der Waals surface area contributed by atoms with E-state index in [0.29, 0.717) is 35.1 Å². The van der Waals surface area contributed by atoms with Gasteiger partial charge in [-0.1, -0.05) is 19.1 Å². The van der Waals surface area contributed by atoms with E-state index in [0.717, 1.165) is 5.56 Å². The molecule has 1 heterocycles. The van der Waals surface area contributed by atoms with Gasteiger partial charge in [0.2, 0.25) is 5.89 Å². The number of hydrogen-bond donors (Lipinski definition) is 2. The number of aliphatic carboxylic acids is 1. The normalized spacial score (nSPS) is 12.0. The molecule has 0 bridgehead atoms. The van der Waals surface area contributed by atoms with Crippen molar-refractivity contribution in [3.05, 3.63) is 71.4 Å². The molecule has 0 fully saturated rings. The summed E-state index contributed by atoms with van der Waals surface area (Å²) in [5.74, 6) is 0.413. The first-order chi connectivity index (χ1) is 13.5.